The minimum atomic E-state index is -0.307. The number of phenols is 6. The third-order valence-electron chi connectivity index (χ3n) is 14.6. The summed E-state index contributed by atoms with van der Waals surface area (Å²) in [6, 6.07) is 15.2. The van der Waals surface area contributed by atoms with Crippen LogP contribution in [0.25, 0.3) is 0 Å². The van der Waals surface area contributed by atoms with Gasteiger partial charge in [-0.2, -0.15) is 0 Å². The Morgan fingerprint density at radius 2 is 0.895 bits per heavy atom. The van der Waals surface area contributed by atoms with Gasteiger partial charge in [-0.3, -0.25) is 9.59 Å². The van der Waals surface area contributed by atoms with Gasteiger partial charge in [0.15, 0.2) is 0 Å². The number of carbonyl (C=O) groups is 2. The highest BCUT2D eigenvalue weighted by Crippen LogP contribution is 2.51. The van der Waals surface area contributed by atoms with Gasteiger partial charge in [-0.15, -0.1) is 0 Å². The highest BCUT2D eigenvalue weighted by Gasteiger charge is 2.36. The number of hydrogen-bond acceptors (Lipinski definition) is 11. The van der Waals surface area contributed by atoms with Crippen molar-refractivity contribution < 1.29 is 45.0 Å². The second-order valence-corrected chi connectivity index (χ2v) is 23.4. The van der Waals surface area contributed by atoms with E-state index in [2.05, 4.69) is 75.3 Å². The van der Waals surface area contributed by atoms with Crippen LogP contribution in [-0.4, -0.2) is 81.3 Å². The van der Waals surface area contributed by atoms with Crippen LogP contribution in [0.3, 0.4) is 0 Å². The Balaban J connectivity index is 0.000000281. The van der Waals surface area contributed by atoms with Crippen LogP contribution in [0.2, 0.25) is 0 Å². The number of hydrogen-bond donors (Lipinski definition) is 6. The minimum absolute atomic E-state index is 0.0376. The van der Waals surface area contributed by atoms with Crippen molar-refractivity contribution in [2.24, 2.45) is 10.8 Å². The lowest BCUT2D eigenvalue weighted by atomic mass is 9.85. The van der Waals surface area contributed by atoms with Gasteiger partial charge in [-0.25, -0.2) is 0 Å². The number of para-hydroxylation sites is 2. The van der Waals surface area contributed by atoms with Crippen molar-refractivity contribution in [2.45, 2.75) is 159 Å². The van der Waals surface area contributed by atoms with Crippen LogP contribution in [0.5, 0.6) is 34.5 Å². The Bertz CT molecular complexity index is 2760. The molecule has 0 aromatic heterocycles. The molecular formula is C63H88N4O9. The van der Waals surface area contributed by atoms with Gasteiger partial charge >= 0.3 is 0 Å². The topological polar surface area (TPSA) is 178 Å². The lowest BCUT2D eigenvalue weighted by Gasteiger charge is -2.30. The van der Waals surface area contributed by atoms with E-state index in [-0.39, 0.29) is 65.0 Å². The summed E-state index contributed by atoms with van der Waals surface area (Å²) in [5, 5.41) is 63.5. The molecule has 0 saturated heterocycles. The van der Waals surface area contributed by atoms with Gasteiger partial charge in [-0.1, -0.05) is 95.0 Å². The number of anilines is 6. The number of phenolic OH excluding ortho intramolecular Hbond substituents is 6. The average Bonchev–Trinajstić information content (AvgIpc) is 3.50. The average molecular weight is 1050 g/mol. The maximum absolute atomic E-state index is 13.8. The van der Waals surface area contributed by atoms with Crippen LogP contribution in [-0.2, 0) is 4.74 Å². The largest absolute Gasteiger partial charge is 0.508 e. The number of allylic oxidation sites excluding steroid dienone is 4. The van der Waals surface area contributed by atoms with E-state index >= 15 is 0 Å². The Morgan fingerprint density at radius 1 is 0.500 bits per heavy atom. The summed E-state index contributed by atoms with van der Waals surface area (Å²) in [6.45, 7) is 27.2. The van der Waals surface area contributed by atoms with Gasteiger partial charge in [0.25, 0.3) is 11.8 Å². The van der Waals surface area contributed by atoms with E-state index in [4.69, 9.17) is 4.74 Å². The quantitative estimate of drug-likeness (QED) is 0.0464. The number of methoxy groups -OCH3 is 1. The number of nitrogens with zero attached hydrogens (tertiary/aromatic N) is 4. The molecule has 2 aliphatic rings. The second kappa shape index (κ2) is 26.0. The van der Waals surface area contributed by atoms with Crippen LogP contribution in [0, 0.1) is 10.8 Å². The maximum Gasteiger partial charge on any atom is 0.260 e. The normalized spacial score (nSPS) is 15.0. The summed E-state index contributed by atoms with van der Waals surface area (Å²) >= 11 is 0. The maximum atomic E-state index is 13.8. The molecule has 0 radical (unpaired) electrons. The summed E-state index contributed by atoms with van der Waals surface area (Å²) in [4.78, 5) is 34.0. The van der Waals surface area contributed by atoms with Gasteiger partial charge in [-0.05, 0) is 141 Å². The molecule has 76 heavy (non-hydrogen) atoms. The molecule has 0 spiro atoms. The number of rotatable bonds is 20. The Hall–Kier alpha value is -6.60. The molecule has 2 heterocycles. The molecule has 0 fully saturated rings. The zero-order valence-electron chi connectivity index (χ0n) is 47.8. The molecule has 2 amide bonds. The Labute approximate surface area is 453 Å². The van der Waals surface area contributed by atoms with E-state index in [9.17, 15) is 40.2 Å². The zero-order valence-corrected chi connectivity index (χ0v) is 47.8. The second-order valence-electron chi connectivity index (χ2n) is 23.4. The first-order valence-electron chi connectivity index (χ1n) is 27.2. The van der Waals surface area contributed by atoms with E-state index in [0.29, 0.717) is 69.2 Å². The van der Waals surface area contributed by atoms with Crippen molar-refractivity contribution in [3.63, 3.8) is 0 Å². The molecule has 4 aromatic carbocycles. The third kappa shape index (κ3) is 15.5. The van der Waals surface area contributed by atoms with E-state index in [1.54, 1.807) is 51.0 Å². The predicted octanol–water partition coefficient (Wildman–Crippen LogP) is 15.5. The fourth-order valence-electron chi connectivity index (χ4n) is 10.2. The van der Waals surface area contributed by atoms with Crippen molar-refractivity contribution in [1.82, 2.24) is 0 Å². The molecule has 1 unspecified atom stereocenters. The lowest BCUT2D eigenvalue weighted by molar-refractivity contribution is -0.0129. The first-order valence-corrected chi connectivity index (χ1v) is 27.2. The number of amides is 2. The van der Waals surface area contributed by atoms with E-state index < -0.39 is 0 Å². The summed E-state index contributed by atoms with van der Waals surface area (Å²) in [6.07, 6.45) is 17.8. The van der Waals surface area contributed by atoms with Gasteiger partial charge in [0.2, 0.25) is 0 Å². The molecule has 13 heteroatoms. The molecule has 1 atom stereocenters. The van der Waals surface area contributed by atoms with E-state index in [1.165, 1.54) is 54.8 Å². The Kier molecular flexibility index (Phi) is 20.6. The highest BCUT2D eigenvalue weighted by atomic mass is 16.5. The minimum Gasteiger partial charge on any atom is -0.508 e. The lowest BCUT2D eigenvalue weighted by Crippen LogP contribution is -2.30. The molecule has 0 saturated carbocycles. The van der Waals surface area contributed by atoms with Gasteiger partial charge in [0, 0.05) is 57.6 Å². The molecule has 2 aliphatic heterocycles. The summed E-state index contributed by atoms with van der Waals surface area (Å²) in [5.41, 5.74) is 7.18. The molecule has 0 aliphatic carbocycles. The van der Waals surface area contributed by atoms with Crippen LogP contribution in [0.1, 0.15) is 174 Å². The monoisotopic (exact) mass is 1040 g/mol. The van der Waals surface area contributed by atoms with Crippen molar-refractivity contribution >= 4 is 45.9 Å². The van der Waals surface area contributed by atoms with Crippen molar-refractivity contribution in [1.29, 1.82) is 0 Å². The summed E-state index contributed by atoms with van der Waals surface area (Å²) in [7, 11) is 1.79. The van der Waals surface area contributed by atoms with Crippen LogP contribution >= 0.6 is 0 Å². The summed E-state index contributed by atoms with van der Waals surface area (Å²) < 4.78 is 5.90. The summed E-state index contributed by atoms with van der Waals surface area (Å²) in [5.74, 6) is -1.27. The molecule has 4 aromatic rings. The van der Waals surface area contributed by atoms with E-state index in [0.717, 1.165) is 68.9 Å². The van der Waals surface area contributed by atoms with Crippen LogP contribution < -0.4 is 19.6 Å². The predicted molar refractivity (Wildman–Crippen MR) is 311 cm³/mol. The first kappa shape index (κ1) is 60.3. The van der Waals surface area contributed by atoms with Crippen molar-refractivity contribution in [3.8, 4) is 34.5 Å². The van der Waals surface area contributed by atoms with Crippen LogP contribution in [0.4, 0.5) is 34.1 Å². The molecule has 0 bridgehead atoms. The number of aromatic hydroxyl groups is 6. The molecule has 6 rings (SSSR count). The van der Waals surface area contributed by atoms with E-state index in [1.807, 2.05) is 26.0 Å². The van der Waals surface area contributed by atoms with Gasteiger partial charge in [0.05, 0.1) is 39.5 Å². The van der Waals surface area contributed by atoms with Gasteiger partial charge < -0.3 is 55.0 Å². The number of fused-ring (bicyclic) bond motifs is 4. The number of ether oxygens (including phenoxy) is 1. The first-order chi connectivity index (χ1) is 35.7. The highest BCUT2D eigenvalue weighted by molar-refractivity contribution is 6.16. The number of benzene rings is 4. The molecule has 13 nitrogen and oxygen atoms in total. The molecular weight excluding hydrogens is 957 g/mol. The standard InChI is InChI=1S/C32H46N2O5.C31H42N2O4/c1-8-33-28-24(13-9-14-26(28)36)30(38)34(25-20-23(35)21-27(37)29(25)33)19-15-22(2)12-10-17-32(6,39-7)18-11-16-31(3,4)5;1-7-32-28-24(14-9-15-26(28)35)30(37)33(25-19-23(34)20-27(36)29(25)32)18-16-22(3)12-8-11-21(2)13-10-17-31(4,5)6/h9,13-15,20-21,35-37H,8,10-12,16-19H2,1-7H3;9,11,14-16,19-20,34-36H,7-8,10,12-13,17-18H2,1-6H3/b22-15+;21-11+,22-16+. The molecule has 414 valence electrons. The third-order valence-corrected chi connectivity index (χ3v) is 14.6. The fourth-order valence-corrected chi connectivity index (χ4v) is 10.2. The smallest absolute Gasteiger partial charge is 0.260 e. The zero-order chi connectivity index (χ0) is 56.3. The van der Waals surface area contributed by atoms with Crippen molar-refractivity contribution in [3.05, 3.63) is 107 Å². The molecule has 6 N–H and O–H groups in total. The van der Waals surface area contributed by atoms with Gasteiger partial charge in [0.1, 0.15) is 45.9 Å². The van der Waals surface area contributed by atoms with Crippen LogP contribution in [0.15, 0.2) is 95.6 Å². The SMILES string of the molecule is CCN1c2c(O)cccc2C(=O)N(C/C=C(\C)CC/C=C(\C)CCCC(C)(C)C)c2cc(O)cc(O)c21.CCN1c2c(O)cccc2C(=O)N(C/C=C(\C)CCCC(C)(CCCC(C)(C)C)OC)c2cc(O)cc(O)c21. The number of carbonyl (C=O) groups excluding carboxylic acids is 2. The van der Waals surface area contributed by atoms with Crippen molar-refractivity contribution in [2.75, 3.05) is 52.9 Å². The Morgan fingerprint density at radius 3 is 1.32 bits per heavy atom. The fraction of sp³-hybridized carbons (Fsp3) is 0.492.